The molecule has 0 atom stereocenters. The largest absolute Gasteiger partial charge is 0.393 e. The maximum absolute atomic E-state index is 13.0. The van der Waals surface area contributed by atoms with Gasteiger partial charge in [0.15, 0.2) is 0 Å². The second-order valence-corrected chi connectivity index (χ2v) is 12.9. The number of piperidine rings is 1. The molecule has 238 valence electrons. The minimum Gasteiger partial charge on any atom is -0.367 e. The van der Waals surface area contributed by atoms with E-state index in [0.29, 0.717) is 39.9 Å². The van der Waals surface area contributed by atoms with Gasteiger partial charge < -0.3 is 20.5 Å². The molecule has 1 fully saturated rings. The predicted molar refractivity (Wildman–Crippen MR) is 172 cm³/mol. The summed E-state index contributed by atoms with van der Waals surface area (Å²) >= 11 is 1.04. The number of likely N-dealkylation sites (tertiary alicyclic amines) is 1. The van der Waals surface area contributed by atoms with Crippen molar-refractivity contribution in [3.8, 4) is 6.07 Å². The summed E-state index contributed by atoms with van der Waals surface area (Å²) in [7, 11) is 1.69. The molecule has 4 aromatic rings. The van der Waals surface area contributed by atoms with Crippen molar-refractivity contribution in [1.82, 2.24) is 24.8 Å². The molecular weight excluding hydrogens is 601 g/mol. The molecule has 1 amide bonds. The first-order valence-electron chi connectivity index (χ1n) is 14.9. The van der Waals surface area contributed by atoms with Crippen LogP contribution in [0.1, 0.15) is 48.4 Å². The maximum Gasteiger partial charge on any atom is 0.393 e. The number of rotatable bonds is 10. The smallest absolute Gasteiger partial charge is 0.367 e. The van der Waals surface area contributed by atoms with Crippen LogP contribution in [-0.4, -0.2) is 57.7 Å². The number of nitrogens with one attached hydrogen (secondary N) is 3. The Bertz CT molecular complexity index is 1780. The number of aromatic nitrogens is 3. The van der Waals surface area contributed by atoms with E-state index < -0.39 is 12.6 Å². The summed E-state index contributed by atoms with van der Waals surface area (Å²) in [5.74, 6) is 0.645. The van der Waals surface area contributed by atoms with Crippen molar-refractivity contribution in [1.29, 1.82) is 5.26 Å². The van der Waals surface area contributed by atoms with Crippen LogP contribution in [-0.2, 0) is 24.3 Å². The van der Waals surface area contributed by atoms with E-state index in [2.05, 4.69) is 56.5 Å². The highest BCUT2D eigenvalue weighted by molar-refractivity contribution is 7.18. The third kappa shape index (κ3) is 7.40. The summed E-state index contributed by atoms with van der Waals surface area (Å²) < 4.78 is 41.0. The molecule has 5 rings (SSSR count). The van der Waals surface area contributed by atoms with E-state index in [1.807, 2.05) is 30.5 Å². The van der Waals surface area contributed by atoms with Crippen LogP contribution in [0, 0.1) is 24.2 Å². The average Bonchev–Trinajstić information content (AvgIpc) is 3.55. The number of allylic oxidation sites excluding steroid dienone is 1. The van der Waals surface area contributed by atoms with Crippen LogP contribution in [0.2, 0.25) is 0 Å². The number of alkyl halides is 3. The second-order valence-electron chi connectivity index (χ2n) is 11.8. The zero-order chi connectivity index (χ0) is 32.5. The van der Waals surface area contributed by atoms with E-state index in [4.69, 9.17) is 0 Å². The number of halogens is 3. The molecule has 0 aliphatic carbocycles. The summed E-state index contributed by atoms with van der Waals surface area (Å²) in [6.45, 7) is 12.4. The Labute approximate surface area is 264 Å². The van der Waals surface area contributed by atoms with Gasteiger partial charge in [-0.1, -0.05) is 26.5 Å². The average molecular weight is 639 g/mol. The SMILES string of the molecule is C=C(Cn1c(C#N)cc2c(C)c(CN3CCC(Nc4nc(NC)nc5sc(CC(F)(F)F)cc45)CC3)ccc21)NC(=O)C(C)C. The van der Waals surface area contributed by atoms with E-state index in [0.717, 1.165) is 60.3 Å². The molecule has 0 unspecified atom stereocenters. The Morgan fingerprint density at radius 3 is 2.58 bits per heavy atom. The van der Waals surface area contributed by atoms with Crippen molar-refractivity contribution in [2.45, 2.75) is 65.3 Å². The molecule has 13 heteroatoms. The van der Waals surface area contributed by atoms with Gasteiger partial charge in [-0.15, -0.1) is 11.3 Å². The standard InChI is InChI=1S/C32H37F3N8OS/c1-18(2)29(44)38-19(3)16-43-23(15-36)12-25-20(4)21(6-7-27(25)43)17-42-10-8-22(9-11-42)39-28-26-13-24(14-32(33,34)35)45-30(26)41-31(37-5)40-28/h6-7,12-13,18,22H,3,8-11,14,16-17H2,1-2,4-5H3,(H,38,44)(H2,37,39,40,41). The molecule has 1 saturated heterocycles. The second kappa shape index (κ2) is 13.1. The molecule has 0 radical (unpaired) electrons. The number of thiophene rings is 1. The van der Waals surface area contributed by atoms with E-state index >= 15 is 0 Å². The fourth-order valence-corrected chi connectivity index (χ4v) is 6.71. The van der Waals surface area contributed by atoms with Gasteiger partial charge in [0.05, 0.1) is 18.4 Å². The van der Waals surface area contributed by atoms with Gasteiger partial charge in [0.25, 0.3) is 0 Å². The lowest BCUT2D eigenvalue weighted by Crippen LogP contribution is -2.39. The summed E-state index contributed by atoms with van der Waals surface area (Å²) in [5, 5.41) is 20.7. The van der Waals surface area contributed by atoms with Gasteiger partial charge in [0, 0.05) is 60.1 Å². The zero-order valence-electron chi connectivity index (χ0n) is 25.8. The van der Waals surface area contributed by atoms with Gasteiger partial charge in [-0.25, -0.2) is 4.98 Å². The van der Waals surface area contributed by atoms with Gasteiger partial charge in [0.1, 0.15) is 22.4 Å². The molecule has 1 aliphatic heterocycles. The number of nitrogens with zero attached hydrogens (tertiary/aromatic N) is 5. The third-order valence-electron chi connectivity index (χ3n) is 8.12. The van der Waals surface area contributed by atoms with Gasteiger partial charge in [-0.05, 0) is 49.1 Å². The van der Waals surface area contributed by atoms with Crippen LogP contribution < -0.4 is 16.0 Å². The van der Waals surface area contributed by atoms with Crippen molar-refractivity contribution in [2.24, 2.45) is 5.92 Å². The zero-order valence-corrected chi connectivity index (χ0v) is 26.6. The molecule has 1 aromatic carbocycles. The van der Waals surface area contributed by atoms with E-state index in [1.165, 1.54) is 5.56 Å². The lowest BCUT2D eigenvalue weighted by atomic mass is 10.0. The predicted octanol–water partition coefficient (Wildman–Crippen LogP) is 6.34. The number of carbonyl (C=O) groups is 1. The Morgan fingerprint density at radius 2 is 1.93 bits per heavy atom. The lowest BCUT2D eigenvalue weighted by molar-refractivity contribution is -0.126. The van der Waals surface area contributed by atoms with Gasteiger partial charge >= 0.3 is 6.18 Å². The van der Waals surface area contributed by atoms with Crippen molar-refractivity contribution < 1.29 is 18.0 Å². The summed E-state index contributed by atoms with van der Waals surface area (Å²) in [6.07, 6.45) is -3.58. The quantitative estimate of drug-likeness (QED) is 0.186. The maximum atomic E-state index is 13.0. The molecule has 9 nitrogen and oxygen atoms in total. The highest BCUT2D eigenvalue weighted by Crippen LogP contribution is 2.35. The van der Waals surface area contributed by atoms with Crippen LogP contribution >= 0.6 is 11.3 Å². The van der Waals surface area contributed by atoms with Crippen molar-refractivity contribution in [2.75, 3.05) is 30.8 Å². The number of nitriles is 1. The molecule has 0 saturated carbocycles. The van der Waals surface area contributed by atoms with Gasteiger partial charge in [0.2, 0.25) is 11.9 Å². The fourth-order valence-electron chi connectivity index (χ4n) is 5.65. The van der Waals surface area contributed by atoms with E-state index in [1.54, 1.807) is 13.1 Å². The Morgan fingerprint density at radius 1 is 1.20 bits per heavy atom. The Balaban J connectivity index is 1.26. The molecule has 45 heavy (non-hydrogen) atoms. The van der Waals surface area contributed by atoms with Gasteiger partial charge in [-0.3, -0.25) is 9.69 Å². The van der Waals surface area contributed by atoms with Crippen LogP contribution in [0.4, 0.5) is 24.9 Å². The molecule has 3 aromatic heterocycles. The highest BCUT2D eigenvalue weighted by atomic mass is 32.1. The van der Waals surface area contributed by atoms with Gasteiger partial charge in [-0.2, -0.15) is 23.4 Å². The van der Waals surface area contributed by atoms with Crippen LogP contribution in [0.25, 0.3) is 21.1 Å². The normalized spacial score (nSPS) is 14.6. The van der Waals surface area contributed by atoms with Crippen molar-refractivity contribution in [3.05, 3.63) is 58.2 Å². The van der Waals surface area contributed by atoms with E-state index in [9.17, 15) is 23.2 Å². The van der Waals surface area contributed by atoms with E-state index in [-0.39, 0.29) is 22.7 Å². The number of fused-ring (bicyclic) bond motifs is 2. The fraction of sp³-hybridized carbons (Fsp3) is 0.438. The number of hydrogen-bond donors (Lipinski definition) is 3. The highest BCUT2D eigenvalue weighted by Gasteiger charge is 2.29. The number of aryl methyl sites for hydroxylation is 1. The molecule has 0 bridgehead atoms. The van der Waals surface area contributed by atoms with Crippen LogP contribution in [0.3, 0.4) is 0 Å². The summed E-state index contributed by atoms with van der Waals surface area (Å²) in [4.78, 5) is 24.2. The molecule has 0 spiro atoms. The minimum absolute atomic E-state index is 0.109. The number of amides is 1. The number of hydrogen-bond acceptors (Lipinski definition) is 8. The minimum atomic E-state index is -4.28. The number of carbonyl (C=O) groups excluding carboxylic acids is 1. The van der Waals surface area contributed by atoms with Crippen molar-refractivity contribution >= 4 is 50.1 Å². The topological polar surface area (TPSA) is 111 Å². The first kappa shape index (κ1) is 32.2. The summed E-state index contributed by atoms with van der Waals surface area (Å²) in [6, 6.07) is 9.97. The van der Waals surface area contributed by atoms with Crippen LogP contribution in [0.15, 0.2) is 36.5 Å². The number of benzene rings is 1. The summed E-state index contributed by atoms with van der Waals surface area (Å²) in [5.41, 5.74) is 4.24. The molecule has 1 aliphatic rings. The van der Waals surface area contributed by atoms with Crippen molar-refractivity contribution in [3.63, 3.8) is 0 Å². The Hall–Kier alpha value is -4.15. The first-order chi connectivity index (χ1) is 21.3. The molecule has 3 N–H and O–H groups in total. The van der Waals surface area contributed by atoms with Crippen LogP contribution in [0.5, 0.6) is 0 Å². The lowest BCUT2D eigenvalue weighted by Gasteiger charge is -2.33. The molecule has 4 heterocycles. The first-order valence-corrected chi connectivity index (χ1v) is 15.7. The Kier molecular flexibility index (Phi) is 9.36. The number of anilines is 2. The molecular formula is C32H37F3N8OS. The monoisotopic (exact) mass is 638 g/mol. The third-order valence-corrected chi connectivity index (χ3v) is 9.15.